The Kier molecular flexibility index (Phi) is 6.63. The summed E-state index contributed by atoms with van der Waals surface area (Å²) in [7, 11) is -3.47. The summed E-state index contributed by atoms with van der Waals surface area (Å²) in [5, 5.41) is 3.74. The lowest BCUT2D eigenvalue weighted by molar-refractivity contribution is 0.424. The fourth-order valence-electron chi connectivity index (χ4n) is 5.26. The van der Waals surface area contributed by atoms with Crippen molar-refractivity contribution in [3.05, 3.63) is 65.7 Å². The molecule has 2 aliphatic rings. The van der Waals surface area contributed by atoms with Gasteiger partial charge in [0.25, 0.3) is 0 Å². The van der Waals surface area contributed by atoms with Crippen LogP contribution in [-0.4, -0.2) is 38.9 Å². The Morgan fingerprint density at radius 3 is 2.25 bits per heavy atom. The number of fused-ring (bicyclic) bond motifs is 3. The van der Waals surface area contributed by atoms with Gasteiger partial charge in [0.15, 0.2) is 0 Å². The maximum atomic E-state index is 13.1. The highest BCUT2D eigenvalue weighted by molar-refractivity contribution is 7.89. The van der Waals surface area contributed by atoms with Crippen LogP contribution in [-0.2, 0) is 10.0 Å². The third kappa shape index (κ3) is 3.95. The average molecular weight is 454 g/mol. The van der Waals surface area contributed by atoms with E-state index in [1.165, 1.54) is 15.6 Å². The van der Waals surface area contributed by atoms with Gasteiger partial charge < -0.3 is 10.2 Å². The molecule has 0 spiro atoms. The summed E-state index contributed by atoms with van der Waals surface area (Å²) in [4.78, 5) is 2.74. The Bertz CT molecular complexity index is 1070. The monoisotopic (exact) mass is 453 g/mol. The van der Waals surface area contributed by atoms with Gasteiger partial charge in [-0.05, 0) is 67.6 Å². The molecule has 4 rings (SSSR count). The van der Waals surface area contributed by atoms with Crippen LogP contribution in [0.15, 0.2) is 59.5 Å². The van der Waals surface area contributed by atoms with Gasteiger partial charge in [0, 0.05) is 43.5 Å². The van der Waals surface area contributed by atoms with Crippen LogP contribution in [0.3, 0.4) is 0 Å². The Morgan fingerprint density at radius 2 is 1.62 bits per heavy atom. The van der Waals surface area contributed by atoms with Crippen molar-refractivity contribution in [1.29, 1.82) is 0 Å². The minimum atomic E-state index is -3.47. The van der Waals surface area contributed by atoms with Crippen LogP contribution in [0.25, 0.3) is 0 Å². The summed E-state index contributed by atoms with van der Waals surface area (Å²) in [6, 6.07) is 14.7. The minimum Gasteiger partial charge on any atom is -0.378 e. The third-order valence-electron chi connectivity index (χ3n) is 7.06. The normalized spacial score (nSPS) is 21.8. The van der Waals surface area contributed by atoms with Gasteiger partial charge in [-0.25, -0.2) is 8.42 Å². The molecule has 32 heavy (non-hydrogen) atoms. The summed E-state index contributed by atoms with van der Waals surface area (Å²) >= 11 is 0. The van der Waals surface area contributed by atoms with Gasteiger partial charge >= 0.3 is 0 Å². The van der Waals surface area contributed by atoms with Gasteiger partial charge in [0.1, 0.15) is 0 Å². The molecule has 0 aromatic heterocycles. The maximum absolute atomic E-state index is 13.1. The van der Waals surface area contributed by atoms with Gasteiger partial charge in [0.05, 0.1) is 10.9 Å². The molecular weight excluding hydrogens is 418 g/mol. The first kappa shape index (κ1) is 22.9. The number of allylic oxidation sites excluding steroid dienone is 2. The Morgan fingerprint density at radius 1 is 0.938 bits per heavy atom. The fourth-order valence-corrected chi connectivity index (χ4v) is 6.75. The van der Waals surface area contributed by atoms with E-state index < -0.39 is 10.0 Å². The quantitative estimate of drug-likeness (QED) is 0.545. The number of nitrogens with zero attached hydrogens (tertiary/aromatic N) is 2. The molecule has 172 valence electrons. The molecule has 3 atom stereocenters. The second kappa shape index (κ2) is 9.28. The standard InChI is InChI=1S/C26H35N3O2S/c1-5-28(6-2)20-14-12-19(13-15-20)26-23-11-9-10-22(23)24-18-21(16-17-25(24)27-26)32(30,31)29(7-3)8-4/h9-10,12-18,22-23,26-27H,5-8,11H2,1-4H3. The van der Waals surface area contributed by atoms with Crippen molar-refractivity contribution in [3.8, 4) is 0 Å². The van der Waals surface area contributed by atoms with Crippen LogP contribution in [0.4, 0.5) is 11.4 Å². The molecule has 2 aromatic rings. The Balaban J connectivity index is 1.67. The first-order valence-electron chi connectivity index (χ1n) is 11.9. The molecule has 0 saturated heterocycles. The molecule has 0 bridgehead atoms. The van der Waals surface area contributed by atoms with E-state index in [4.69, 9.17) is 0 Å². The number of rotatable bonds is 8. The Labute approximate surface area is 193 Å². The van der Waals surface area contributed by atoms with Crippen molar-refractivity contribution in [1.82, 2.24) is 4.31 Å². The second-order valence-electron chi connectivity index (χ2n) is 8.58. The summed E-state index contributed by atoms with van der Waals surface area (Å²) in [6.07, 6.45) is 5.50. The first-order valence-corrected chi connectivity index (χ1v) is 13.3. The average Bonchev–Trinajstić information content (AvgIpc) is 3.30. The van der Waals surface area contributed by atoms with E-state index >= 15 is 0 Å². The molecule has 0 amide bonds. The molecule has 2 aromatic carbocycles. The lowest BCUT2D eigenvalue weighted by Crippen LogP contribution is -2.32. The van der Waals surface area contributed by atoms with E-state index in [1.807, 2.05) is 26.0 Å². The lowest BCUT2D eigenvalue weighted by atomic mass is 9.77. The van der Waals surface area contributed by atoms with Crippen molar-refractivity contribution in [3.63, 3.8) is 0 Å². The van der Waals surface area contributed by atoms with Gasteiger partial charge in [0.2, 0.25) is 10.0 Å². The van der Waals surface area contributed by atoms with Gasteiger partial charge in [-0.2, -0.15) is 4.31 Å². The number of sulfonamides is 1. The molecule has 5 nitrogen and oxygen atoms in total. The van der Waals surface area contributed by atoms with Crippen LogP contribution in [0.5, 0.6) is 0 Å². The lowest BCUT2D eigenvalue weighted by Gasteiger charge is -2.38. The van der Waals surface area contributed by atoms with Crippen molar-refractivity contribution in [2.45, 2.75) is 51.0 Å². The van der Waals surface area contributed by atoms with Gasteiger partial charge in [-0.3, -0.25) is 0 Å². The zero-order valence-corrected chi connectivity index (χ0v) is 20.4. The number of anilines is 2. The van der Waals surface area contributed by atoms with E-state index in [2.05, 4.69) is 60.5 Å². The largest absolute Gasteiger partial charge is 0.378 e. The van der Waals surface area contributed by atoms with Crippen LogP contribution >= 0.6 is 0 Å². The van der Waals surface area contributed by atoms with Crippen LogP contribution < -0.4 is 10.2 Å². The molecule has 1 aliphatic carbocycles. The topological polar surface area (TPSA) is 52.7 Å². The molecule has 1 heterocycles. The molecule has 0 saturated carbocycles. The van der Waals surface area contributed by atoms with Crippen molar-refractivity contribution < 1.29 is 8.42 Å². The highest BCUT2D eigenvalue weighted by atomic mass is 32.2. The molecule has 1 aliphatic heterocycles. The second-order valence-corrected chi connectivity index (χ2v) is 10.5. The van der Waals surface area contributed by atoms with Crippen LogP contribution in [0, 0.1) is 5.92 Å². The van der Waals surface area contributed by atoms with Crippen molar-refractivity contribution >= 4 is 21.4 Å². The van der Waals surface area contributed by atoms with Crippen molar-refractivity contribution in [2.75, 3.05) is 36.4 Å². The first-order chi connectivity index (χ1) is 15.4. The molecule has 0 fully saturated rings. The highest BCUT2D eigenvalue weighted by Gasteiger charge is 2.38. The number of nitrogens with one attached hydrogen (secondary N) is 1. The number of hydrogen-bond acceptors (Lipinski definition) is 4. The zero-order valence-electron chi connectivity index (χ0n) is 19.6. The van der Waals surface area contributed by atoms with Gasteiger partial charge in [-0.1, -0.05) is 38.1 Å². The predicted octanol–water partition coefficient (Wildman–Crippen LogP) is 5.39. The smallest absolute Gasteiger partial charge is 0.243 e. The SMILES string of the molecule is CCN(CC)c1ccc(C2Nc3ccc(S(=O)(=O)N(CC)CC)cc3C3C=CCC32)cc1. The summed E-state index contributed by atoms with van der Waals surface area (Å²) in [5.74, 6) is 0.610. The number of hydrogen-bond donors (Lipinski definition) is 1. The van der Waals surface area contributed by atoms with E-state index in [0.29, 0.717) is 23.9 Å². The Hall–Kier alpha value is -2.31. The molecule has 0 radical (unpaired) electrons. The van der Waals surface area contributed by atoms with Crippen LogP contribution in [0.2, 0.25) is 0 Å². The van der Waals surface area contributed by atoms with E-state index in [9.17, 15) is 8.42 Å². The minimum absolute atomic E-state index is 0.207. The summed E-state index contributed by atoms with van der Waals surface area (Å²) in [6.45, 7) is 11.1. The van der Waals surface area contributed by atoms with Gasteiger partial charge in [-0.15, -0.1) is 0 Å². The van der Waals surface area contributed by atoms with Crippen molar-refractivity contribution in [2.24, 2.45) is 5.92 Å². The summed E-state index contributed by atoms with van der Waals surface area (Å²) in [5.41, 5.74) is 4.66. The molecule has 6 heteroatoms. The molecule has 1 N–H and O–H groups in total. The fraction of sp³-hybridized carbons (Fsp3) is 0.462. The highest BCUT2D eigenvalue weighted by Crippen LogP contribution is 2.50. The predicted molar refractivity (Wildman–Crippen MR) is 133 cm³/mol. The molecule has 3 unspecified atom stereocenters. The number of benzene rings is 2. The zero-order chi connectivity index (χ0) is 22.9. The third-order valence-corrected chi connectivity index (χ3v) is 9.10. The summed E-state index contributed by atoms with van der Waals surface area (Å²) < 4.78 is 27.7. The van der Waals surface area contributed by atoms with E-state index in [-0.39, 0.29) is 12.0 Å². The molecular formula is C26H35N3O2S. The van der Waals surface area contributed by atoms with E-state index in [0.717, 1.165) is 30.8 Å². The maximum Gasteiger partial charge on any atom is 0.243 e. The van der Waals surface area contributed by atoms with E-state index in [1.54, 1.807) is 6.07 Å². The van der Waals surface area contributed by atoms with Crippen LogP contribution in [0.1, 0.15) is 57.2 Å².